The molecule has 0 saturated heterocycles. The zero-order chi connectivity index (χ0) is 28.7. The molecule has 0 aliphatic heterocycles. The third kappa shape index (κ3) is 4.93. The van der Waals surface area contributed by atoms with Crippen LogP contribution in [0.3, 0.4) is 0 Å². The van der Waals surface area contributed by atoms with Crippen molar-refractivity contribution in [3.8, 4) is 16.9 Å². The van der Waals surface area contributed by atoms with E-state index in [4.69, 9.17) is 8.83 Å². The molecule has 3 aromatic heterocycles. The minimum Gasteiger partial charge on any atom is -0.508 e. The molecule has 0 aliphatic carbocycles. The highest BCUT2D eigenvalue weighted by Crippen LogP contribution is 2.34. The summed E-state index contributed by atoms with van der Waals surface area (Å²) < 4.78 is 11.4. The normalized spacial score (nSPS) is 12.2. The van der Waals surface area contributed by atoms with Gasteiger partial charge in [-0.05, 0) is 54.3 Å². The fourth-order valence-electron chi connectivity index (χ4n) is 5.30. The fraction of sp³-hybridized carbons (Fsp3) is 0.156. The monoisotopic (exact) mass is 550 g/mol. The molecule has 4 N–H and O–H groups in total. The molecule has 0 aliphatic rings. The van der Waals surface area contributed by atoms with Crippen molar-refractivity contribution in [1.29, 1.82) is 0 Å². The van der Waals surface area contributed by atoms with E-state index in [0.29, 0.717) is 33.2 Å². The molecular weight excluding hydrogens is 524 g/mol. The Morgan fingerprint density at radius 2 is 1.80 bits per heavy atom. The Labute approximate surface area is 233 Å². The lowest BCUT2D eigenvalue weighted by atomic mass is 9.98. The molecule has 0 saturated carbocycles. The van der Waals surface area contributed by atoms with Gasteiger partial charge < -0.3 is 29.3 Å². The van der Waals surface area contributed by atoms with E-state index in [0.717, 1.165) is 27.4 Å². The van der Waals surface area contributed by atoms with Gasteiger partial charge in [-0.15, -0.1) is 0 Å². The summed E-state index contributed by atoms with van der Waals surface area (Å²) in [5.41, 5.74) is 4.79. The number of phenolic OH excluding ortho intramolecular Hbond substituents is 1. The number of carboxylic acid groups (broad SMARTS) is 1. The largest absolute Gasteiger partial charge is 0.508 e. The van der Waals surface area contributed by atoms with E-state index >= 15 is 0 Å². The van der Waals surface area contributed by atoms with Crippen LogP contribution in [0.1, 0.15) is 23.1 Å². The van der Waals surface area contributed by atoms with Crippen molar-refractivity contribution in [2.75, 3.05) is 0 Å². The molecule has 6 rings (SSSR count). The third-order valence-electron chi connectivity index (χ3n) is 7.48. The summed E-state index contributed by atoms with van der Waals surface area (Å²) in [5, 5.41) is 24.4. The number of aryl methyl sites for hydroxylation is 1. The van der Waals surface area contributed by atoms with Crippen LogP contribution in [-0.4, -0.2) is 33.1 Å². The molecule has 0 unspecified atom stereocenters. The molecule has 0 fully saturated rings. The van der Waals surface area contributed by atoms with Crippen molar-refractivity contribution in [3.05, 3.63) is 100 Å². The number of H-pyrrole nitrogens is 1. The van der Waals surface area contributed by atoms with Gasteiger partial charge in [-0.2, -0.15) is 0 Å². The second kappa shape index (κ2) is 10.3. The number of aromatic nitrogens is 1. The topological polar surface area (TPSA) is 146 Å². The first-order valence-electron chi connectivity index (χ1n) is 13.1. The van der Waals surface area contributed by atoms with Crippen LogP contribution >= 0.6 is 0 Å². The summed E-state index contributed by atoms with van der Waals surface area (Å²) in [4.78, 5) is 40.7. The number of benzene rings is 3. The molecule has 9 nitrogen and oxygen atoms in total. The molecule has 9 heteroatoms. The maximum Gasteiger partial charge on any atom is 0.339 e. The Morgan fingerprint density at radius 3 is 2.59 bits per heavy atom. The molecule has 1 atom stereocenters. The van der Waals surface area contributed by atoms with Crippen molar-refractivity contribution >= 4 is 44.7 Å². The van der Waals surface area contributed by atoms with E-state index in [1.807, 2.05) is 43.3 Å². The van der Waals surface area contributed by atoms with Gasteiger partial charge in [0.1, 0.15) is 23.0 Å². The second-order valence-corrected chi connectivity index (χ2v) is 10.1. The molecule has 206 valence electrons. The Morgan fingerprint density at radius 1 is 1.00 bits per heavy atom. The van der Waals surface area contributed by atoms with Gasteiger partial charge in [0.2, 0.25) is 5.91 Å². The lowest BCUT2D eigenvalue weighted by molar-refractivity contribution is -0.141. The van der Waals surface area contributed by atoms with E-state index in [9.17, 15) is 24.6 Å². The molecule has 1 amide bonds. The van der Waals surface area contributed by atoms with Gasteiger partial charge >= 0.3 is 11.6 Å². The van der Waals surface area contributed by atoms with Crippen LogP contribution in [0.15, 0.2) is 86.8 Å². The van der Waals surface area contributed by atoms with Crippen LogP contribution in [0.2, 0.25) is 0 Å². The number of aliphatic carboxylic acids is 1. The average molecular weight is 551 g/mol. The predicted octanol–water partition coefficient (Wildman–Crippen LogP) is 5.45. The molecular formula is C32H26N2O7. The molecule has 0 radical (unpaired) electrons. The highest BCUT2D eigenvalue weighted by Gasteiger charge is 2.23. The predicted molar refractivity (Wildman–Crippen MR) is 154 cm³/mol. The van der Waals surface area contributed by atoms with Crippen LogP contribution in [0, 0.1) is 6.92 Å². The van der Waals surface area contributed by atoms with Crippen molar-refractivity contribution in [1.82, 2.24) is 10.3 Å². The third-order valence-corrected chi connectivity index (χ3v) is 7.48. The summed E-state index contributed by atoms with van der Waals surface area (Å²) in [6, 6.07) is 17.0. The lowest BCUT2D eigenvalue weighted by Crippen LogP contribution is -2.42. The van der Waals surface area contributed by atoms with Crippen LogP contribution in [-0.2, 0) is 22.4 Å². The summed E-state index contributed by atoms with van der Waals surface area (Å²) >= 11 is 0. The van der Waals surface area contributed by atoms with Crippen molar-refractivity contribution < 1.29 is 28.6 Å². The van der Waals surface area contributed by atoms with E-state index in [-0.39, 0.29) is 25.0 Å². The number of nitrogens with one attached hydrogen (secondary N) is 2. The van der Waals surface area contributed by atoms with E-state index in [1.165, 1.54) is 6.07 Å². The van der Waals surface area contributed by atoms with Gasteiger partial charge in [-0.25, -0.2) is 9.59 Å². The minimum absolute atomic E-state index is 0.0200. The van der Waals surface area contributed by atoms with E-state index in [1.54, 1.807) is 30.7 Å². The standard InChI is InChI=1S/C32H26N2O7/c1-17-21(8-10-30(36)34-27(31(37)38)11-19-15-33-26-9-7-20(35)12-23(19)26)32(39)41-29-14-28-24(13-22(17)29)25(16-40-28)18-5-3-2-4-6-18/h2-7,9,12-16,27,33,35H,8,10-11H2,1H3,(H,34,36)(H,37,38)/t27-/m1/s1. The summed E-state index contributed by atoms with van der Waals surface area (Å²) in [6.45, 7) is 1.81. The summed E-state index contributed by atoms with van der Waals surface area (Å²) in [5.74, 6) is -1.63. The van der Waals surface area contributed by atoms with Gasteiger partial charge in [0.15, 0.2) is 0 Å². The smallest absolute Gasteiger partial charge is 0.339 e. The fourth-order valence-corrected chi connectivity index (χ4v) is 5.30. The van der Waals surface area contributed by atoms with E-state index < -0.39 is 23.5 Å². The number of phenols is 1. The number of amides is 1. The number of rotatable bonds is 8. The highest BCUT2D eigenvalue weighted by atomic mass is 16.4. The number of furan rings is 1. The number of aromatic hydroxyl groups is 1. The molecule has 6 aromatic rings. The summed E-state index contributed by atoms with van der Waals surface area (Å²) in [6.07, 6.45) is 3.34. The number of carboxylic acids is 1. The zero-order valence-electron chi connectivity index (χ0n) is 22.1. The first kappa shape index (κ1) is 25.9. The molecule has 0 spiro atoms. The molecule has 3 heterocycles. The van der Waals surface area contributed by atoms with Crippen molar-refractivity contribution in [2.24, 2.45) is 0 Å². The number of carbonyl (C=O) groups excluding carboxylic acids is 1. The van der Waals surface area contributed by atoms with Crippen molar-refractivity contribution in [3.63, 3.8) is 0 Å². The van der Waals surface area contributed by atoms with Crippen LogP contribution in [0.4, 0.5) is 0 Å². The Bertz CT molecular complexity index is 2000. The maximum absolute atomic E-state index is 12.9. The Balaban J connectivity index is 1.23. The van der Waals surface area contributed by atoms with Gasteiger partial charge in [-0.1, -0.05) is 30.3 Å². The van der Waals surface area contributed by atoms with Crippen LogP contribution in [0.25, 0.3) is 44.0 Å². The minimum atomic E-state index is -1.19. The molecule has 0 bridgehead atoms. The Kier molecular flexibility index (Phi) is 6.55. The highest BCUT2D eigenvalue weighted by molar-refractivity contribution is 6.02. The number of carbonyl (C=O) groups is 2. The van der Waals surface area contributed by atoms with Gasteiger partial charge in [0.25, 0.3) is 0 Å². The zero-order valence-corrected chi connectivity index (χ0v) is 22.1. The lowest BCUT2D eigenvalue weighted by Gasteiger charge is -2.15. The SMILES string of the molecule is Cc1c(CCC(=O)N[C@H](Cc2c[nH]c3ccc(O)cc23)C(=O)O)c(=O)oc2cc3occ(-c4ccccc4)c3cc12. The second-order valence-electron chi connectivity index (χ2n) is 10.1. The number of hydrogen-bond donors (Lipinski definition) is 4. The van der Waals surface area contributed by atoms with E-state index in [2.05, 4.69) is 10.3 Å². The Hall–Kier alpha value is -5.31. The number of hydrogen-bond acceptors (Lipinski definition) is 6. The van der Waals surface area contributed by atoms with Crippen molar-refractivity contribution in [2.45, 2.75) is 32.2 Å². The summed E-state index contributed by atoms with van der Waals surface area (Å²) in [7, 11) is 0. The molecule has 41 heavy (non-hydrogen) atoms. The maximum atomic E-state index is 12.9. The quantitative estimate of drug-likeness (QED) is 0.184. The first-order chi connectivity index (χ1) is 19.8. The van der Waals surface area contributed by atoms with Crippen LogP contribution < -0.4 is 10.9 Å². The van der Waals surface area contributed by atoms with Gasteiger partial charge in [0, 0.05) is 57.9 Å². The van der Waals surface area contributed by atoms with Gasteiger partial charge in [-0.3, -0.25) is 4.79 Å². The number of fused-ring (bicyclic) bond motifs is 3. The van der Waals surface area contributed by atoms with Gasteiger partial charge in [0.05, 0.1) is 6.26 Å². The molecule has 3 aromatic carbocycles. The number of aromatic amines is 1. The first-order valence-corrected chi connectivity index (χ1v) is 13.1. The van der Waals surface area contributed by atoms with Crippen LogP contribution in [0.5, 0.6) is 5.75 Å². The average Bonchev–Trinajstić information content (AvgIpc) is 3.55.